The van der Waals surface area contributed by atoms with Crippen molar-refractivity contribution in [3.8, 4) is 0 Å². The van der Waals surface area contributed by atoms with Crippen LogP contribution in [0.4, 0.5) is 11.4 Å². The number of amides is 1. The van der Waals surface area contributed by atoms with E-state index in [0.29, 0.717) is 22.5 Å². The van der Waals surface area contributed by atoms with E-state index in [4.69, 9.17) is 0 Å². The minimum absolute atomic E-state index is 0.0476. The highest BCUT2D eigenvalue weighted by Gasteiger charge is 2.13. The summed E-state index contributed by atoms with van der Waals surface area (Å²) >= 11 is 0. The molecule has 2 rings (SSSR count). The summed E-state index contributed by atoms with van der Waals surface area (Å²) < 4.78 is 26.9. The number of carbonyl (C=O) groups excluding carboxylic acids is 2. The van der Waals surface area contributed by atoms with Gasteiger partial charge in [0.15, 0.2) is 5.78 Å². The first-order valence-electron chi connectivity index (χ1n) is 7.42. The number of carbonyl (C=O) groups is 2. The predicted molar refractivity (Wildman–Crippen MR) is 97.1 cm³/mol. The molecule has 25 heavy (non-hydrogen) atoms. The van der Waals surface area contributed by atoms with E-state index in [0.717, 1.165) is 4.31 Å². The van der Waals surface area contributed by atoms with E-state index in [1.807, 2.05) is 0 Å². The van der Waals surface area contributed by atoms with Gasteiger partial charge in [0.05, 0.1) is 0 Å². The minimum atomic E-state index is -3.59. The van der Waals surface area contributed by atoms with Crippen molar-refractivity contribution in [1.29, 1.82) is 0 Å². The molecule has 8 heteroatoms. The molecule has 2 aromatic carbocycles. The van der Waals surface area contributed by atoms with Crippen LogP contribution < -0.4 is 10.0 Å². The predicted octanol–water partition coefficient (Wildman–Crippen LogP) is 2.36. The van der Waals surface area contributed by atoms with Crippen LogP contribution in [0.15, 0.2) is 48.5 Å². The first-order chi connectivity index (χ1) is 11.7. The largest absolute Gasteiger partial charge is 0.322 e. The Balaban J connectivity index is 2.06. The maximum Gasteiger partial charge on any atom is 0.301 e. The summed E-state index contributed by atoms with van der Waals surface area (Å²) in [6.45, 7) is 1.47. The number of ketones is 1. The summed E-state index contributed by atoms with van der Waals surface area (Å²) in [7, 11) is -0.752. The fraction of sp³-hybridized carbons (Fsp3) is 0.176. The van der Waals surface area contributed by atoms with Crippen LogP contribution in [0.5, 0.6) is 0 Å². The maximum absolute atomic E-state index is 12.2. The Labute approximate surface area is 146 Å². The van der Waals surface area contributed by atoms with Crippen LogP contribution in [-0.2, 0) is 10.2 Å². The molecule has 0 unspecified atom stereocenters. The Hall–Kier alpha value is -2.71. The van der Waals surface area contributed by atoms with E-state index in [1.54, 1.807) is 24.3 Å². The van der Waals surface area contributed by atoms with Crippen LogP contribution in [0, 0.1) is 0 Å². The van der Waals surface area contributed by atoms with Crippen LogP contribution in [0.3, 0.4) is 0 Å². The lowest BCUT2D eigenvalue weighted by molar-refractivity contribution is 0.101. The lowest BCUT2D eigenvalue weighted by Crippen LogP contribution is -2.28. The smallest absolute Gasteiger partial charge is 0.301 e. The van der Waals surface area contributed by atoms with Gasteiger partial charge >= 0.3 is 10.2 Å². The third-order valence-corrected chi connectivity index (χ3v) is 4.88. The number of rotatable bonds is 6. The summed E-state index contributed by atoms with van der Waals surface area (Å²) in [5.74, 6) is -0.383. The molecule has 0 fully saturated rings. The quantitative estimate of drug-likeness (QED) is 0.772. The average Bonchev–Trinajstić information content (AvgIpc) is 2.55. The zero-order valence-electron chi connectivity index (χ0n) is 14.1. The third-order valence-electron chi connectivity index (χ3n) is 3.42. The third kappa shape index (κ3) is 4.88. The van der Waals surface area contributed by atoms with Crippen molar-refractivity contribution in [2.45, 2.75) is 6.92 Å². The zero-order chi connectivity index (χ0) is 18.6. The van der Waals surface area contributed by atoms with Crippen molar-refractivity contribution in [1.82, 2.24) is 4.31 Å². The molecule has 2 N–H and O–H groups in total. The number of hydrogen-bond donors (Lipinski definition) is 2. The molecule has 0 aliphatic rings. The molecule has 0 radical (unpaired) electrons. The molecule has 0 spiro atoms. The highest BCUT2D eigenvalue weighted by atomic mass is 32.2. The molecule has 0 saturated carbocycles. The van der Waals surface area contributed by atoms with Crippen molar-refractivity contribution < 1.29 is 18.0 Å². The summed E-state index contributed by atoms with van der Waals surface area (Å²) in [5.41, 5.74) is 1.86. The second-order valence-electron chi connectivity index (χ2n) is 5.55. The second kappa shape index (κ2) is 7.45. The molecule has 0 aliphatic heterocycles. The van der Waals surface area contributed by atoms with E-state index in [1.165, 1.54) is 45.3 Å². The molecule has 2 aromatic rings. The molecule has 0 atom stereocenters. The lowest BCUT2D eigenvalue weighted by atomic mass is 10.1. The van der Waals surface area contributed by atoms with E-state index in [-0.39, 0.29) is 11.7 Å². The van der Waals surface area contributed by atoms with E-state index in [2.05, 4.69) is 10.0 Å². The molecule has 0 bridgehead atoms. The van der Waals surface area contributed by atoms with Gasteiger partial charge in [-0.2, -0.15) is 12.7 Å². The fourth-order valence-electron chi connectivity index (χ4n) is 1.92. The van der Waals surface area contributed by atoms with Gasteiger partial charge in [0.1, 0.15) is 0 Å². The molecular weight excluding hydrogens is 342 g/mol. The molecule has 0 aliphatic carbocycles. The Morgan fingerprint density at radius 3 is 1.80 bits per heavy atom. The lowest BCUT2D eigenvalue weighted by Gasteiger charge is -2.13. The van der Waals surface area contributed by atoms with Crippen molar-refractivity contribution in [3.63, 3.8) is 0 Å². The zero-order valence-corrected chi connectivity index (χ0v) is 14.9. The van der Waals surface area contributed by atoms with Gasteiger partial charge < -0.3 is 5.32 Å². The molecule has 1 amide bonds. The SMILES string of the molecule is CC(=O)c1ccc(NC(=O)c2ccc(NS(=O)(=O)N(C)C)cc2)cc1. The number of nitrogens with zero attached hydrogens (tertiary/aromatic N) is 1. The topological polar surface area (TPSA) is 95.6 Å². The normalized spacial score (nSPS) is 11.2. The Morgan fingerprint density at radius 2 is 1.32 bits per heavy atom. The highest BCUT2D eigenvalue weighted by molar-refractivity contribution is 7.90. The summed E-state index contributed by atoms with van der Waals surface area (Å²) in [6, 6.07) is 12.6. The minimum Gasteiger partial charge on any atom is -0.322 e. The Morgan fingerprint density at radius 1 is 0.840 bits per heavy atom. The Kier molecular flexibility index (Phi) is 5.55. The van der Waals surface area contributed by atoms with Gasteiger partial charge in [-0.25, -0.2) is 0 Å². The van der Waals surface area contributed by atoms with Gasteiger partial charge in [-0.05, 0) is 55.5 Å². The number of benzene rings is 2. The van der Waals surface area contributed by atoms with Crippen molar-refractivity contribution in [2.24, 2.45) is 0 Å². The van der Waals surface area contributed by atoms with Crippen LogP contribution in [0.25, 0.3) is 0 Å². The van der Waals surface area contributed by atoms with Gasteiger partial charge in [-0.1, -0.05) is 0 Å². The number of nitrogens with one attached hydrogen (secondary N) is 2. The number of Topliss-reactive ketones (excluding diaryl/α,β-unsaturated/α-hetero) is 1. The van der Waals surface area contributed by atoms with Gasteiger partial charge in [0, 0.05) is 36.6 Å². The fourth-order valence-corrected chi connectivity index (χ4v) is 2.54. The molecule has 132 valence electrons. The first kappa shape index (κ1) is 18.6. The average molecular weight is 361 g/mol. The maximum atomic E-state index is 12.2. The van der Waals surface area contributed by atoms with Gasteiger partial charge in [0.2, 0.25) is 0 Å². The van der Waals surface area contributed by atoms with Crippen LogP contribution in [0.2, 0.25) is 0 Å². The van der Waals surface area contributed by atoms with Crippen molar-refractivity contribution in [3.05, 3.63) is 59.7 Å². The molecule has 0 heterocycles. The molecule has 7 nitrogen and oxygen atoms in total. The summed E-state index contributed by atoms with van der Waals surface area (Å²) in [4.78, 5) is 23.4. The Bertz CT molecular complexity index is 873. The van der Waals surface area contributed by atoms with Gasteiger partial charge in [-0.15, -0.1) is 0 Å². The standard InChI is InChI=1S/C17H19N3O4S/c1-12(21)13-4-8-15(9-5-13)18-17(22)14-6-10-16(11-7-14)19-25(23,24)20(2)3/h4-11,19H,1-3H3,(H,18,22). The van der Waals surface area contributed by atoms with E-state index >= 15 is 0 Å². The van der Waals surface area contributed by atoms with E-state index in [9.17, 15) is 18.0 Å². The van der Waals surface area contributed by atoms with Crippen LogP contribution in [0.1, 0.15) is 27.6 Å². The van der Waals surface area contributed by atoms with Gasteiger partial charge in [0.25, 0.3) is 5.91 Å². The summed E-state index contributed by atoms with van der Waals surface area (Å²) in [6.07, 6.45) is 0. The molecule has 0 saturated heterocycles. The number of anilines is 2. The van der Waals surface area contributed by atoms with E-state index < -0.39 is 10.2 Å². The second-order valence-corrected chi connectivity index (χ2v) is 7.44. The van der Waals surface area contributed by atoms with Crippen molar-refractivity contribution >= 4 is 33.3 Å². The summed E-state index contributed by atoms with van der Waals surface area (Å²) in [5, 5.41) is 2.71. The monoisotopic (exact) mass is 361 g/mol. The van der Waals surface area contributed by atoms with Crippen LogP contribution in [-0.4, -0.2) is 38.5 Å². The molecular formula is C17H19N3O4S. The van der Waals surface area contributed by atoms with Crippen molar-refractivity contribution in [2.75, 3.05) is 24.1 Å². The van der Waals surface area contributed by atoms with Gasteiger partial charge in [-0.3, -0.25) is 14.3 Å². The van der Waals surface area contributed by atoms with Crippen LogP contribution >= 0.6 is 0 Å². The highest BCUT2D eigenvalue weighted by Crippen LogP contribution is 2.15. The number of hydrogen-bond acceptors (Lipinski definition) is 4. The first-order valence-corrected chi connectivity index (χ1v) is 8.86. The molecule has 0 aromatic heterocycles.